The van der Waals surface area contributed by atoms with E-state index in [1.165, 1.54) is 11.6 Å². The molecular formula is C23H20ClNO4. The third kappa shape index (κ3) is 5.83. The maximum Gasteiger partial charge on any atom is 0.328 e. The van der Waals surface area contributed by atoms with Crippen molar-refractivity contribution in [2.45, 2.75) is 20.5 Å². The SMILES string of the molecule is Cc1ccc(COc2ccc(Oc3cc(Cl)c(C=CC(=O)O)cc3C)nc2)cc1. The molecule has 0 bridgehead atoms. The third-order valence-corrected chi connectivity index (χ3v) is 4.48. The van der Waals surface area contributed by atoms with Gasteiger partial charge in [-0.05, 0) is 48.7 Å². The Balaban J connectivity index is 1.65. The summed E-state index contributed by atoms with van der Waals surface area (Å²) in [5.41, 5.74) is 3.70. The van der Waals surface area contributed by atoms with Gasteiger partial charge in [-0.15, -0.1) is 0 Å². The van der Waals surface area contributed by atoms with Crippen LogP contribution in [0, 0.1) is 13.8 Å². The first-order chi connectivity index (χ1) is 13.9. The van der Waals surface area contributed by atoms with Crippen molar-refractivity contribution in [3.63, 3.8) is 0 Å². The molecule has 2 aromatic carbocycles. The molecule has 1 N–H and O–H groups in total. The Morgan fingerprint density at radius 1 is 1.14 bits per heavy atom. The lowest BCUT2D eigenvalue weighted by Gasteiger charge is -2.11. The zero-order chi connectivity index (χ0) is 20.8. The van der Waals surface area contributed by atoms with Gasteiger partial charge in [0.2, 0.25) is 5.88 Å². The molecule has 0 saturated heterocycles. The normalized spacial score (nSPS) is 10.9. The molecule has 6 heteroatoms. The maximum atomic E-state index is 10.7. The molecule has 0 aliphatic carbocycles. The zero-order valence-corrected chi connectivity index (χ0v) is 16.8. The number of halogens is 1. The topological polar surface area (TPSA) is 68.7 Å². The molecule has 1 aromatic heterocycles. The fourth-order valence-corrected chi connectivity index (χ4v) is 2.78. The maximum absolute atomic E-state index is 10.7. The molecule has 29 heavy (non-hydrogen) atoms. The van der Waals surface area contributed by atoms with Crippen LogP contribution in [-0.2, 0) is 11.4 Å². The standard InChI is InChI=1S/C23H20ClNO4/c1-15-3-5-17(6-4-15)14-28-19-8-9-22(25-13-19)29-21-12-20(24)18(11-16(21)2)7-10-23(26)27/h3-13H,14H2,1-2H3,(H,26,27). The van der Waals surface area contributed by atoms with Crippen molar-refractivity contribution in [3.8, 4) is 17.4 Å². The molecule has 0 aliphatic heterocycles. The fraction of sp³-hybridized carbons (Fsp3) is 0.130. The Bertz CT molecular complexity index is 1030. The van der Waals surface area contributed by atoms with Gasteiger partial charge in [0.05, 0.1) is 11.2 Å². The van der Waals surface area contributed by atoms with E-state index in [0.717, 1.165) is 17.2 Å². The highest BCUT2D eigenvalue weighted by atomic mass is 35.5. The molecule has 0 fully saturated rings. The smallest absolute Gasteiger partial charge is 0.328 e. The van der Waals surface area contributed by atoms with E-state index in [1.807, 2.05) is 38.1 Å². The van der Waals surface area contributed by atoms with Gasteiger partial charge >= 0.3 is 5.97 Å². The lowest BCUT2D eigenvalue weighted by Crippen LogP contribution is -1.97. The lowest BCUT2D eigenvalue weighted by atomic mass is 10.1. The molecule has 0 amide bonds. The van der Waals surface area contributed by atoms with E-state index in [0.29, 0.717) is 34.6 Å². The number of carboxylic acid groups (broad SMARTS) is 1. The predicted molar refractivity (Wildman–Crippen MR) is 113 cm³/mol. The highest BCUT2D eigenvalue weighted by Gasteiger charge is 2.08. The second kappa shape index (κ2) is 9.26. The molecule has 0 spiro atoms. The number of pyridine rings is 1. The van der Waals surface area contributed by atoms with Gasteiger partial charge in [0.15, 0.2) is 0 Å². The van der Waals surface area contributed by atoms with Crippen LogP contribution in [0.1, 0.15) is 22.3 Å². The molecule has 5 nitrogen and oxygen atoms in total. The minimum absolute atomic E-state index is 0.390. The van der Waals surface area contributed by atoms with Gasteiger partial charge in [0, 0.05) is 18.2 Å². The van der Waals surface area contributed by atoms with Crippen LogP contribution in [0.5, 0.6) is 17.4 Å². The van der Waals surface area contributed by atoms with E-state index >= 15 is 0 Å². The summed E-state index contributed by atoms with van der Waals surface area (Å²) >= 11 is 6.22. The summed E-state index contributed by atoms with van der Waals surface area (Å²) in [6.07, 6.45) is 4.09. The quantitative estimate of drug-likeness (QED) is 0.498. The largest absolute Gasteiger partial charge is 0.487 e. The number of aryl methyl sites for hydroxylation is 2. The van der Waals surface area contributed by atoms with E-state index in [9.17, 15) is 4.79 Å². The number of ether oxygens (including phenoxy) is 2. The van der Waals surface area contributed by atoms with E-state index in [1.54, 1.807) is 30.5 Å². The molecule has 3 rings (SSSR count). The van der Waals surface area contributed by atoms with Crippen molar-refractivity contribution in [3.05, 3.63) is 88.1 Å². The molecule has 0 atom stereocenters. The Morgan fingerprint density at radius 3 is 2.55 bits per heavy atom. The average molecular weight is 410 g/mol. The highest BCUT2D eigenvalue weighted by molar-refractivity contribution is 6.32. The zero-order valence-electron chi connectivity index (χ0n) is 16.1. The Morgan fingerprint density at radius 2 is 1.90 bits per heavy atom. The third-order valence-electron chi connectivity index (χ3n) is 4.15. The molecule has 0 saturated carbocycles. The predicted octanol–water partition coefficient (Wildman–Crippen LogP) is 5.82. The van der Waals surface area contributed by atoms with Crippen molar-refractivity contribution in [1.29, 1.82) is 0 Å². The fourth-order valence-electron chi connectivity index (χ4n) is 2.56. The van der Waals surface area contributed by atoms with E-state index in [4.69, 9.17) is 26.2 Å². The van der Waals surface area contributed by atoms with Crippen molar-refractivity contribution in [1.82, 2.24) is 4.98 Å². The van der Waals surface area contributed by atoms with Gasteiger partial charge < -0.3 is 14.6 Å². The number of carboxylic acids is 1. The van der Waals surface area contributed by atoms with Crippen molar-refractivity contribution < 1.29 is 19.4 Å². The van der Waals surface area contributed by atoms with Gasteiger partial charge in [0.1, 0.15) is 18.1 Å². The van der Waals surface area contributed by atoms with Crippen LogP contribution < -0.4 is 9.47 Å². The van der Waals surface area contributed by atoms with Crippen LogP contribution in [0.15, 0.2) is 60.8 Å². The first-order valence-electron chi connectivity index (χ1n) is 8.94. The number of nitrogens with zero attached hydrogens (tertiary/aromatic N) is 1. The average Bonchev–Trinajstić information content (AvgIpc) is 2.70. The minimum Gasteiger partial charge on any atom is -0.487 e. The van der Waals surface area contributed by atoms with Gasteiger partial charge in [0.25, 0.3) is 0 Å². The van der Waals surface area contributed by atoms with Gasteiger partial charge in [-0.1, -0.05) is 41.4 Å². The Labute approximate surface area is 174 Å². The number of benzene rings is 2. The first kappa shape index (κ1) is 20.4. The Hall–Kier alpha value is -3.31. The summed E-state index contributed by atoms with van der Waals surface area (Å²) in [4.78, 5) is 14.9. The van der Waals surface area contributed by atoms with Crippen molar-refractivity contribution in [2.24, 2.45) is 0 Å². The second-order valence-electron chi connectivity index (χ2n) is 6.52. The number of hydrogen-bond acceptors (Lipinski definition) is 4. The molecule has 3 aromatic rings. The van der Waals surface area contributed by atoms with Crippen LogP contribution in [-0.4, -0.2) is 16.1 Å². The lowest BCUT2D eigenvalue weighted by molar-refractivity contribution is -0.131. The molecule has 148 valence electrons. The number of aromatic nitrogens is 1. The molecular weight excluding hydrogens is 390 g/mol. The van der Waals surface area contributed by atoms with Gasteiger partial charge in [-0.2, -0.15) is 0 Å². The summed E-state index contributed by atoms with van der Waals surface area (Å²) in [6.45, 7) is 4.35. The van der Waals surface area contributed by atoms with Crippen molar-refractivity contribution >= 4 is 23.6 Å². The van der Waals surface area contributed by atoms with E-state index in [-0.39, 0.29) is 0 Å². The number of rotatable bonds is 7. The highest BCUT2D eigenvalue weighted by Crippen LogP contribution is 2.31. The van der Waals surface area contributed by atoms with E-state index in [2.05, 4.69) is 4.98 Å². The van der Waals surface area contributed by atoms with Crippen LogP contribution in [0.3, 0.4) is 0 Å². The molecule has 0 radical (unpaired) electrons. The van der Waals surface area contributed by atoms with Crippen LogP contribution in [0.25, 0.3) is 6.08 Å². The Kier molecular flexibility index (Phi) is 6.52. The number of hydrogen-bond donors (Lipinski definition) is 1. The summed E-state index contributed by atoms with van der Waals surface area (Å²) in [7, 11) is 0. The van der Waals surface area contributed by atoms with Gasteiger partial charge in [-0.25, -0.2) is 9.78 Å². The first-order valence-corrected chi connectivity index (χ1v) is 9.32. The molecule has 0 aliphatic rings. The summed E-state index contributed by atoms with van der Waals surface area (Å²) < 4.78 is 11.6. The number of aliphatic carboxylic acids is 1. The number of carbonyl (C=O) groups is 1. The van der Waals surface area contributed by atoms with Crippen LogP contribution >= 0.6 is 11.6 Å². The minimum atomic E-state index is -1.03. The van der Waals surface area contributed by atoms with Crippen LogP contribution in [0.2, 0.25) is 5.02 Å². The molecule has 1 heterocycles. The second-order valence-corrected chi connectivity index (χ2v) is 6.93. The van der Waals surface area contributed by atoms with Crippen molar-refractivity contribution in [2.75, 3.05) is 0 Å². The van der Waals surface area contributed by atoms with Crippen LogP contribution in [0.4, 0.5) is 0 Å². The summed E-state index contributed by atoms with van der Waals surface area (Å²) in [5.74, 6) is 0.554. The van der Waals surface area contributed by atoms with E-state index < -0.39 is 5.97 Å². The van der Waals surface area contributed by atoms with Gasteiger partial charge in [-0.3, -0.25) is 0 Å². The summed E-state index contributed by atoms with van der Waals surface area (Å²) in [6, 6.07) is 15.1. The monoisotopic (exact) mass is 409 g/mol. The molecule has 0 unspecified atom stereocenters. The summed E-state index contributed by atoms with van der Waals surface area (Å²) in [5, 5.41) is 9.14.